The fourth-order valence-corrected chi connectivity index (χ4v) is 15.2. The molecule has 3 aromatic rings. The molecule has 6 nitrogen and oxygen atoms in total. The lowest BCUT2D eigenvalue weighted by Gasteiger charge is -2.57. The lowest BCUT2D eigenvalue weighted by molar-refractivity contribution is -0.143. The van der Waals surface area contributed by atoms with Crippen molar-refractivity contribution in [3.05, 3.63) is 91.3 Å². The number of carboxylic acids is 1. The summed E-state index contributed by atoms with van der Waals surface area (Å²) in [5.74, 6) is 0.441. The minimum atomic E-state index is -2.75. The van der Waals surface area contributed by atoms with Gasteiger partial charge in [0.05, 0.1) is 6.61 Å². The Morgan fingerprint density at radius 1 is 0.918 bits per heavy atom. The molecule has 3 aliphatic carbocycles. The first kappa shape index (κ1) is 35.5. The average Bonchev–Trinajstić information content (AvgIpc) is 3.39. The summed E-state index contributed by atoms with van der Waals surface area (Å²) < 4.78 is 13.9. The summed E-state index contributed by atoms with van der Waals surface area (Å²) in [6.45, 7) is 16.9. The van der Waals surface area contributed by atoms with Crippen molar-refractivity contribution in [2.75, 3.05) is 6.61 Å². The summed E-state index contributed by atoms with van der Waals surface area (Å²) in [5, 5.41) is 12.8. The molecule has 7 atom stereocenters. The maximum atomic E-state index is 12.5. The first-order valence-corrected chi connectivity index (χ1v) is 20.4. The minimum Gasteiger partial charge on any atom is -0.481 e. The topological polar surface area (TPSA) is 81.5 Å². The number of ether oxygens (including phenoxy) is 1. The Labute approximate surface area is 294 Å². The molecule has 6 rings (SSSR count). The number of hydrogen-bond donors (Lipinski definition) is 1. The van der Waals surface area contributed by atoms with Crippen molar-refractivity contribution >= 4 is 24.7 Å². The number of hydrogen-bond acceptors (Lipinski definition) is 5. The van der Waals surface area contributed by atoms with Crippen LogP contribution in [-0.4, -0.2) is 42.1 Å². The number of nitrogens with zero attached hydrogens (tertiary/aromatic N) is 2. The molecular formula is C42H56N2O4Si. The van der Waals surface area contributed by atoms with Crippen molar-refractivity contribution in [1.82, 2.24) is 9.97 Å². The van der Waals surface area contributed by atoms with E-state index in [0.717, 1.165) is 51.4 Å². The van der Waals surface area contributed by atoms with Crippen molar-refractivity contribution in [2.24, 2.45) is 34.5 Å². The molecule has 0 radical (unpaired) electrons. The Kier molecular flexibility index (Phi) is 10.3. The van der Waals surface area contributed by atoms with Crippen LogP contribution in [0.15, 0.2) is 91.3 Å². The Balaban J connectivity index is 1.35. The van der Waals surface area contributed by atoms with E-state index in [1.54, 1.807) is 18.5 Å². The second-order valence-corrected chi connectivity index (χ2v) is 20.9. The molecule has 0 unspecified atom stereocenters. The molecule has 0 bridgehead atoms. The van der Waals surface area contributed by atoms with Crippen LogP contribution in [0, 0.1) is 34.5 Å². The fraction of sp³-hybridized carbons (Fsp3) is 0.548. The quantitative estimate of drug-likeness (QED) is 0.162. The Morgan fingerprint density at radius 2 is 1.55 bits per heavy atom. The van der Waals surface area contributed by atoms with Crippen LogP contribution in [0.4, 0.5) is 0 Å². The zero-order valence-corrected chi connectivity index (χ0v) is 31.2. The molecular weight excluding hydrogens is 625 g/mol. The van der Waals surface area contributed by atoms with Gasteiger partial charge in [-0.15, -0.1) is 0 Å². The van der Waals surface area contributed by atoms with E-state index in [0.29, 0.717) is 30.4 Å². The summed E-state index contributed by atoms with van der Waals surface area (Å²) in [7, 11) is -2.75. The highest BCUT2D eigenvalue weighted by Gasteiger charge is 2.58. The number of aromatic nitrogens is 2. The van der Waals surface area contributed by atoms with Crippen molar-refractivity contribution in [2.45, 2.75) is 104 Å². The van der Waals surface area contributed by atoms with Gasteiger partial charge in [-0.3, -0.25) is 4.79 Å². The number of fused-ring (bicyclic) bond motifs is 1. The number of aliphatic carboxylic acids is 1. The number of carbonyl (C=O) groups is 1. The molecule has 262 valence electrons. The molecule has 0 spiro atoms. The van der Waals surface area contributed by atoms with E-state index in [-0.39, 0.29) is 34.3 Å². The zero-order valence-electron chi connectivity index (χ0n) is 30.2. The van der Waals surface area contributed by atoms with E-state index in [1.165, 1.54) is 15.9 Å². The number of carboxylic acid groups (broad SMARTS) is 1. The van der Waals surface area contributed by atoms with Gasteiger partial charge in [0.15, 0.2) is 0 Å². The van der Waals surface area contributed by atoms with Gasteiger partial charge in [-0.25, -0.2) is 9.97 Å². The molecule has 3 saturated carbocycles. The van der Waals surface area contributed by atoms with Crippen LogP contribution in [0.25, 0.3) is 0 Å². The summed E-state index contributed by atoms with van der Waals surface area (Å²) in [6.07, 6.45) is 11.7. The summed E-state index contributed by atoms with van der Waals surface area (Å²) >= 11 is 0. The van der Waals surface area contributed by atoms with Gasteiger partial charge in [-0.1, -0.05) is 107 Å². The van der Waals surface area contributed by atoms with Crippen molar-refractivity contribution in [3.63, 3.8) is 0 Å². The molecule has 2 aromatic carbocycles. The van der Waals surface area contributed by atoms with E-state index in [2.05, 4.69) is 112 Å². The number of rotatable bonds is 11. The third kappa shape index (κ3) is 6.77. The lowest BCUT2D eigenvalue weighted by Crippen LogP contribution is -2.68. The third-order valence-corrected chi connectivity index (χ3v) is 18.2. The molecule has 7 heteroatoms. The molecule has 0 saturated heterocycles. The van der Waals surface area contributed by atoms with Gasteiger partial charge in [-0.05, 0) is 107 Å². The van der Waals surface area contributed by atoms with Crippen molar-refractivity contribution in [1.29, 1.82) is 0 Å². The van der Waals surface area contributed by atoms with Gasteiger partial charge < -0.3 is 14.3 Å². The van der Waals surface area contributed by atoms with Gasteiger partial charge in [-0.2, -0.15) is 0 Å². The standard InChI is InChI=1S/C42H56N2O4Si/c1-30-18-19-36-35(29-38(45)46)37(21-24-41(30,36)5)42(6)23-20-32(28-31(42)22-27-47-39-43-25-13-26-44-39)48-49(40(2,3)4,33-14-9-7-10-15-33)34-16-11-8-12-17-34/h7-17,25-26,31-32,35-37H,1,18-24,27-29H2,2-6H3,(H,45,46)/t31-,32-,35-,36+,37+,41+,42-/m0/s1. The molecule has 0 amide bonds. The van der Waals surface area contributed by atoms with Crippen LogP contribution in [-0.2, 0) is 9.22 Å². The van der Waals surface area contributed by atoms with Gasteiger partial charge in [0.1, 0.15) is 0 Å². The van der Waals surface area contributed by atoms with Crippen LogP contribution in [0.2, 0.25) is 5.04 Å². The summed E-state index contributed by atoms with van der Waals surface area (Å²) in [5.41, 5.74) is 1.32. The predicted octanol–water partition coefficient (Wildman–Crippen LogP) is 8.47. The molecule has 0 aliphatic heterocycles. The maximum absolute atomic E-state index is 12.5. The van der Waals surface area contributed by atoms with Gasteiger partial charge in [0.2, 0.25) is 0 Å². The second-order valence-electron chi connectivity index (χ2n) is 16.6. The van der Waals surface area contributed by atoms with Gasteiger partial charge in [0.25, 0.3) is 8.32 Å². The van der Waals surface area contributed by atoms with Crippen LogP contribution < -0.4 is 15.1 Å². The summed E-state index contributed by atoms with van der Waals surface area (Å²) in [6, 6.07) is 24.1. The zero-order chi connectivity index (χ0) is 34.9. The maximum Gasteiger partial charge on any atom is 0.316 e. The first-order valence-electron chi connectivity index (χ1n) is 18.5. The van der Waals surface area contributed by atoms with Gasteiger partial charge in [0, 0.05) is 24.9 Å². The van der Waals surface area contributed by atoms with Crippen LogP contribution in [0.1, 0.15) is 92.4 Å². The number of allylic oxidation sites excluding steroid dienone is 1. The Bertz CT molecular complexity index is 1540. The first-order chi connectivity index (χ1) is 23.4. The highest BCUT2D eigenvalue weighted by molar-refractivity contribution is 6.99. The molecule has 3 aliphatic rings. The van der Waals surface area contributed by atoms with E-state index < -0.39 is 14.3 Å². The average molecular weight is 681 g/mol. The second kappa shape index (κ2) is 14.1. The van der Waals surface area contributed by atoms with Gasteiger partial charge >= 0.3 is 12.0 Å². The normalized spacial score (nSPS) is 30.5. The minimum absolute atomic E-state index is 0.0415. The molecule has 49 heavy (non-hydrogen) atoms. The van der Waals surface area contributed by atoms with Crippen LogP contribution >= 0.6 is 0 Å². The summed E-state index contributed by atoms with van der Waals surface area (Å²) in [4.78, 5) is 21.1. The Hall–Kier alpha value is -3.29. The number of benzene rings is 2. The van der Waals surface area contributed by atoms with Crippen molar-refractivity contribution in [3.8, 4) is 6.01 Å². The molecule has 1 aromatic heterocycles. The van der Waals surface area contributed by atoms with E-state index in [9.17, 15) is 9.90 Å². The molecule has 1 N–H and O–H groups in total. The van der Waals surface area contributed by atoms with E-state index >= 15 is 0 Å². The monoisotopic (exact) mass is 680 g/mol. The van der Waals surface area contributed by atoms with Crippen LogP contribution in [0.3, 0.4) is 0 Å². The fourth-order valence-electron chi connectivity index (χ4n) is 10.5. The molecule has 3 fully saturated rings. The van der Waals surface area contributed by atoms with Crippen molar-refractivity contribution < 1.29 is 19.1 Å². The smallest absolute Gasteiger partial charge is 0.316 e. The third-order valence-electron chi connectivity index (χ3n) is 13.1. The highest BCUT2D eigenvalue weighted by atomic mass is 28.4. The predicted molar refractivity (Wildman–Crippen MR) is 199 cm³/mol. The van der Waals surface area contributed by atoms with E-state index in [4.69, 9.17) is 9.16 Å². The van der Waals surface area contributed by atoms with Crippen LogP contribution in [0.5, 0.6) is 6.01 Å². The highest BCUT2D eigenvalue weighted by Crippen LogP contribution is 2.64. The van der Waals surface area contributed by atoms with E-state index in [1.807, 2.05) is 0 Å². The Morgan fingerprint density at radius 3 is 2.14 bits per heavy atom. The SMILES string of the molecule is C=C1CC[C@@H]2[C@H](CC(=O)O)[C@H]([C@@]3(C)CC[C@H](O[Si](c4ccccc4)(c4ccccc4)C(C)(C)C)C[C@@H]3CCOc3ncccn3)CC[C@]12C. The lowest BCUT2D eigenvalue weighted by atomic mass is 9.48. The largest absolute Gasteiger partial charge is 0.481 e. The molecule has 1 heterocycles.